The molecular formula is C27H27N5O6S. The molecule has 1 aliphatic rings. The van der Waals surface area contributed by atoms with Crippen molar-refractivity contribution in [1.29, 1.82) is 0 Å². The zero-order valence-electron chi connectivity index (χ0n) is 21.4. The Morgan fingerprint density at radius 1 is 1.05 bits per heavy atom. The quantitative estimate of drug-likeness (QED) is 0.303. The summed E-state index contributed by atoms with van der Waals surface area (Å²) in [5.74, 6) is 0.818. The largest absolute Gasteiger partial charge is 0.493 e. The number of anilines is 1. The van der Waals surface area contributed by atoms with Crippen LogP contribution in [-0.2, 0) is 14.8 Å². The van der Waals surface area contributed by atoms with Crippen molar-refractivity contribution in [3.8, 4) is 34.5 Å². The second kappa shape index (κ2) is 11.6. The maximum atomic E-state index is 13.4. The predicted molar refractivity (Wildman–Crippen MR) is 143 cm³/mol. The highest BCUT2D eigenvalue weighted by Crippen LogP contribution is 2.41. The second-order valence-corrected chi connectivity index (χ2v) is 10.4. The van der Waals surface area contributed by atoms with E-state index in [-0.39, 0.29) is 41.0 Å². The lowest BCUT2D eigenvalue weighted by molar-refractivity contribution is 0.0654. The molecule has 4 aromatic rings. The smallest absolute Gasteiger partial charge is 0.280 e. The minimum absolute atomic E-state index is 0.0350. The van der Waals surface area contributed by atoms with Crippen LogP contribution < -0.4 is 18.9 Å². The van der Waals surface area contributed by atoms with E-state index in [9.17, 15) is 8.42 Å². The van der Waals surface area contributed by atoms with Crippen molar-refractivity contribution in [1.82, 2.24) is 19.9 Å². The van der Waals surface area contributed by atoms with Gasteiger partial charge in [0.15, 0.2) is 28.2 Å². The number of hydrogen-bond donors (Lipinski definition) is 1. The van der Waals surface area contributed by atoms with E-state index in [1.54, 1.807) is 54.9 Å². The van der Waals surface area contributed by atoms with Gasteiger partial charge >= 0.3 is 0 Å². The SMILES string of the molecule is COc1ccccc1Oc1c(NS(=O)(=O)c2ccc(C)cn2)nc(-c2ccncc2)nc1OC[C@H]1CCCO1. The molecule has 1 saturated heterocycles. The zero-order valence-corrected chi connectivity index (χ0v) is 22.2. The van der Waals surface area contributed by atoms with Crippen LogP contribution >= 0.6 is 0 Å². The molecule has 0 amide bonds. The molecule has 3 aromatic heterocycles. The number of nitrogens with zero attached hydrogens (tertiary/aromatic N) is 4. The maximum absolute atomic E-state index is 13.4. The van der Waals surface area contributed by atoms with Gasteiger partial charge in [0.1, 0.15) is 6.61 Å². The van der Waals surface area contributed by atoms with Crippen molar-refractivity contribution < 1.29 is 27.4 Å². The molecule has 1 N–H and O–H groups in total. The Morgan fingerprint density at radius 3 is 2.54 bits per heavy atom. The van der Waals surface area contributed by atoms with E-state index in [1.807, 2.05) is 6.92 Å². The van der Waals surface area contributed by atoms with Crippen LogP contribution in [0.2, 0.25) is 0 Å². The monoisotopic (exact) mass is 549 g/mol. The minimum Gasteiger partial charge on any atom is -0.493 e. The van der Waals surface area contributed by atoms with Crippen molar-refractivity contribution in [3.63, 3.8) is 0 Å². The normalized spacial score (nSPS) is 15.1. The topological polar surface area (TPSA) is 135 Å². The number of aromatic nitrogens is 4. The molecule has 0 bridgehead atoms. The van der Waals surface area contributed by atoms with Gasteiger partial charge in [0, 0.05) is 30.8 Å². The van der Waals surface area contributed by atoms with Gasteiger partial charge in [-0.15, -0.1) is 0 Å². The average molecular weight is 550 g/mol. The van der Waals surface area contributed by atoms with Gasteiger partial charge in [-0.1, -0.05) is 18.2 Å². The highest BCUT2D eigenvalue weighted by atomic mass is 32.2. The van der Waals surface area contributed by atoms with Crippen molar-refractivity contribution >= 4 is 15.8 Å². The van der Waals surface area contributed by atoms with Gasteiger partial charge in [0.25, 0.3) is 15.9 Å². The lowest BCUT2D eigenvalue weighted by atomic mass is 10.2. The molecule has 0 unspecified atom stereocenters. The summed E-state index contributed by atoms with van der Waals surface area (Å²) < 4.78 is 52.7. The van der Waals surface area contributed by atoms with Crippen LogP contribution in [0.25, 0.3) is 11.4 Å². The minimum atomic E-state index is -4.16. The first-order valence-corrected chi connectivity index (χ1v) is 13.7. The average Bonchev–Trinajstić information content (AvgIpc) is 3.48. The Morgan fingerprint density at radius 2 is 1.85 bits per heavy atom. The predicted octanol–water partition coefficient (Wildman–Crippen LogP) is 4.40. The lowest BCUT2D eigenvalue weighted by Crippen LogP contribution is -2.19. The van der Waals surface area contributed by atoms with Crippen LogP contribution in [0.15, 0.2) is 72.1 Å². The fourth-order valence-corrected chi connectivity index (χ4v) is 4.81. The third kappa shape index (κ3) is 6.24. The molecule has 0 saturated carbocycles. The molecule has 12 heteroatoms. The van der Waals surface area contributed by atoms with E-state index >= 15 is 0 Å². The number of aryl methyl sites for hydroxylation is 1. The zero-order chi connectivity index (χ0) is 27.2. The molecule has 4 heterocycles. The number of sulfonamides is 1. The van der Waals surface area contributed by atoms with Gasteiger partial charge in [-0.25, -0.2) is 9.97 Å². The molecular weight excluding hydrogens is 522 g/mol. The first-order chi connectivity index (χ1) is 18.9. The molecule has 1 aliphatic heterocycles. The summed E-state index contributed by atoms with van der Waals surface area (Å²) in [4.78, 5) is 17.2. The van der Waals surface area contributed by atoms with Gasteiger partial charge in [0.2, 0.25) is 5.75 Å². The Balaban J connectivity index is 1.63. The number of ether oxygens (including phenoxy) is 4. The number of methoxy groups -OCH3 is 1. The summed E-state index contributed by atoms with van der Waals surface area (Å²) in [6.07, 6.45) is 6.29. The van der Waals surface area contributed by atoms with Gasteiger partial charge in [-0.2, -0.15) is 13.4 Å². The number of rotatable bonds is 10. The van der Waals surface area contributed by atoms with Gasteiger partial charge in [0.05, 0.1) is 13.2 Å². The Bertz CT molecular complexity index is 1530. The fraction of sp³-hybridized carbons (Fsp3) is 0.259. The third-order valence-electron chi connectivity index (χ3n) is 5.87. The molecule has 1 aromatic carbocycles. The highest BCUT2D eigenvalue weighted by Gasteiger charge is 2.27. The summed E-state index contributed by atoms with van der Waals surface area (Å²) in [5.41, 5.74) is 1.42. The molecule has 39 heavy (non-hydrogen) atoms. The van der Waals surface area contributed by atoms with Gasteiger partial charge < -0.3 is 18.9 Å². The molecule has 0 spiro atoms. The summed E-state index contributed by atoms with van der Waals surface area (Å²) in [5, 5.41) is -0.178. The number of nitrogens with one attached hydrogen (secondary N) is 1. The van der Waals surface area contributed by atoms with Gasteiger partial charge in [-0.05, 0) is 55.7 Å². The summed E-state index contributed by atoms with van der Waals surface area (Å²) in [6, 6.07) is 13.4. The second-order valence-electron chi connectivity index (χ2n) is 8.74. The van der Waals surface area contributed by atoms with Crippen LogP contribution in [-0.4, -0.2) is 54.8 Å². The van der Waals surface area contributed by atoms with Crippen LogP contribution in [0, 0.1) is 6.92 Å². The first-order valence-electron chi connectivity index (χ1n) is 12.3. The van der Waals surface area contributed by atoms with Crippen molar-refractivity contribution in [2.45, 2.75) is 30.9 Å². The van der Waals surface area contributed by atoms with Crippen LogP contribution in [0.4, 0.5) is 5.82 Å². The van der Waals surface area contributed by atoms with E-state index in [0.29, 0.717) is 23.7 Å². The third-order valence-corrected chi connectivity index (χ3v) is 7.13. The van der Waals surface area contributed by atoms with Crippen LogP contribution in [0.3, 0.4) is 0 Å². The molecule has 1 atom stereocenters. The van der Waals surface area contributed by atoms with E-state index in [2.05, 4.69) is 24.7 Å². The Kier molecular flexibility index (Phi) is 7.84. The van der Waals surface area contributed by atoms with E-state index in [4.69, 9.17) is 18.9 Å². The van der Waals surface area contributed by atoms with Crippen molar-refractivity contribution in [3.05, 3.63) is 72.7 Å². The molecule has 5 rings (SSSR count). The van der Waals surface area contributed by atoms with Crippen LogP contribution in [0.5, 0.6) is 23.1 Å². The molecule has 202 valence electrons. The maximum Gasteiger partial charge on any atom is 0.280 e. The van der Waals surface area contributed by atoms with Gasteiger partial charge in [-0.3, -0.25) is 9.71 Å². The molecule has 0 radical (unpaired) electrons. The Hall–Kier alpha value is -4.29. The van der Waals surface area contributed by atoms with Crippen LogP contribution in [0.1, 0.15) is 18.4 Å². The number of hydrogen-bond acceptors (Lipinski definition) is 10. The van der Waals surface area contributed by atoms with Crippen molar-refractivity contribution in [2.75, 3.05) is 25.0 Å². The van der Waals surface area contributed by atoms with Crippen molar-refractivity contribution in [2.24, 2.45) is 0 Å². The van der Waals surface area contributed by atoms with E-state index in [1.165, 1.54) is 19.4 Å². The standard InChI is InChI=1S/C27H27N5O6S/c1-18-9-10-23(29-16-18)39(33,34)32-26-24(38-22-8-4-3-7-21(22)35-2)27(37-17-20-6-5-15-36-20)31-25(30-26)19-11-13-28-14-12-19/h3-4,7-14,16,20H,5-6,15,17H2,1-2H3,(H,30,31,32)/t20-/m1/s1. The first kappa shape index (κ1) is 26.3. The summed E-state index contributed by atoms with van der Waals surface area (Å²) in [6.45, 7) is 2.67. The number of pyridine rings is 2. The lowest BCUT2D eigenvalue weighted by Gasteiger charge is -2.19. The number of benzene rings is 1. The number of para-hydroxylation sites is 2. The molecule has 1 fully saturated rings. The molecule has 0 aliphatic carbocycles. The molecule has 11 nitrogen and oxygen atoms in total. The summed E-state index contributed by atoms with van der Waals surface area (Å²) >= 11 is 0. The van der Waals surface area contributed by atoms with E-state index in [0.717, 1.165) is 18.4 Å². The van der Waals surface area contributed by atoms with E-state index < -0.39 is 10.0 Å². The summed E-state index contributed by atoms with van der Waals surface area (Å²) in [7, 11) is -2.66. The fourth-order valence-electron chi connectivity index (χ4n) is 3.87. The highest BCUT2D eigenvalue weighted by molar-refractivity contribution is 7.92. The Labute approximate surface area is 226 Å².